The Labute approximate surface area is 147 Å². The zero-order chi connectivity index (χ0) is 19.3. The van der Waals surface area contributed by atoms with Crippen LogP contribution >= 0.6 is 0 Å². The highest BCUT2D eigenvalue weighted by atomic mass is 19.2. The van der Waals surface area contributed by atoms with Crippen LogP contribution in [0.15, 0.2) is 24.3 Å². The zero-order valence-corrected chi connectivity index (χ0v) is 14.3. The average Bonchev–Trinajstić information content (AvgIpc) is 2.65. The molecule has 0 heterocycles. The number of hydrogen-bond donors (Lipinski definition) is 2. The number of hydrogen-bond acceptors (Lipinski definition) is 5. The van der Waals surface area contributed by atoms with E-state index in [0.29, 0.717) is 22.9 Å². The lowest BCUT2D eigenvalue weighted by Crippen LogP contribution is -2.22. The summed E-state index contributed by atoms with van der Waals surface area (Å²) < 4.78 is 55.2. The number of ether oxygens (including phenoxy) is 3. The molecule has 2 aromatic carbocycles. The van der Waals surface area contributed by atoms with E-state index in [-0.39, 0.29) is 6.54 Å². The largest absolute Gasteiger partial charge is 0.493 e. The average molecular weight is 370 g/mol. The van der Waals surface area contributed by atoms with Gasteiger partial charge in [0.05, 0.1) is 33.6 Å². The van der Waals surface area contributed by atoms with Gasteiger partial charge in [-0.3, -0.25) is 4.79 Å². The van der Waals surface area contributed by atoms with E-state index >= 15 is 0 Å². The van der Waals surface area contributed by atoms with Gasteiger partial charge in [0.1, 0.15) is 0 Å². The van der Waals surface area contributed by atoms with Gasteiger partial charge in [-0.05, 0) is 12.1 Å². The molecule has 140 valence electrons. The van der Waals surface area contributed by atoms with Gasteiger partial charge in [-0.25, -0.2) is 13.2 Å². The fourth-order valence-corrected chi connectivity index (χ4v) is 2.18. The topological polar surface area (TPSA) is 68.8 Å². The van der Waals surface area contributed by atoms with Crippen molar-refractivity contribution < 1.29 is 32.2 Å². The standard InChI is InChI=1S/C17H17F3N2O4/c1-24-12-6-9(7-13(25-2)17(12)26-3)21-8-14(23)22-11-5-4-10(18)15(19)16(11)20/h4-7,21H,8H2,1-3H3,(H,22,23). The smallest absolute Gasteiger partial charge is 0.243 e. The summed E-state index contributed by atoms with van der Waals surface area (Å²) in [5, 5.41) is 4.95. The number of anilines is 2. The summed E-state index contributed by atoms with van der Waals surface area (Å²) in [6.45, 7) is -0.267. The van der Waals surface area contributed by atoms with Crippen molar-refractivity contribution in [2.75, 3.05) is 38.5 Å². The Bertz CT molecular complexity index is 790. The highest BCUT2D eigenvalue weighted by Gasteiger charge is 2.16. The van der Waals surface area contributed by atoms with Crippen molar-refractivity contribution in [3.05, 3.63) is 41.7 Å². The van der Waals surface area contributed by atoms with Crippen LogP contribution in [0.2, 0.25) is 0 Å². The van der Waals surface area contributed by atoms with E-state index in [1.165, 1.54) is 21.3 Å². The summed E-state index contributed by atoms with van der Waals surface area (Å²) in [4.78, 5) is 11.9. The van der Waals surface area contributed by atoms with Crippen LogP contribution in [-0.2, 0) is 4.79 Å². The molecule has 6 nitrogen and oxygen atoms in total. The molecule has 0 saturated heterocycles. The van der Waals surface area contributed by atoms with Crippen LogP contribution in [0.4, 0.5) is 24.5 Å². The Morgan fingerprint density at radius 3 is 2.12 bits per heavy atom. The second-order valence-corrected chi connectivity index (χ2v) is 5.04. The first-order valence-electron chi connectivity index (χ1n) is 7.38. The number of rotatable bonds is 7. The number of carbonyl (C=O) groups excluding carboxylic acids is 1. The minimum absolute atomic E-state index is 0.267. The third-order valence-corrected chi connectivity index (χ3v) is 3.43. The van der Waals surface area contributed by atoms with Crippen LogP contribution in [0.25, 0.3) is 0 Å². The SMILES string of the molecule is COc1cc(NCC(=O)Nc2ccc(F)c(F)c2F)cc(OC)c1OC. The van der Waals surface area contributed by atoms with Crippen molar-refractivity contribution in [2.24, 2.45) is 0 Å². The van der Waals surface area contributed by atoms with Gasteiger partial charge in [0.15, 0.2) is 29.0 Å². The maximum absolute atomic E-state index is 13.6. The fourth-order valence-electron chi connectivity index (χ4n) is 2.18. The predicted octanol–water partition coefficient (Wildman–Crippen LogP) is 3.18. The normalized spacial score (nSPS) is 10.2. The van der Waals surface area contributed by atoms with Crippen molar-refractivity contribution in [2.45, 2.75) is 0 Å². The first kappa shape index (κ1) is 19.2. The highest BCUT2D eigenvalue weighted by molar-refractivity contribution is 5.94. The minimum atomic E-state index is -1.65. The Balaban J connectivity index is 2.09. The highest BCUT2D eigenvalue weighted by Crippen LogP contribution is 2.39. The van der Waals surface area contributed by atoms with Crippen LogP contribution in [-0.4, -0.2) is 33.8 Å². The molecule has 0 aliphatic rings. The van der Waals surface area contributed by atoms with Crippen LogP contribution in [0.5, 0.6) is 17.2 Å². The summed E-state index contributed by atoms with van der Waals surface area (Å²) in [5.41, 5.74) is 0.0148. The molecule has 0 aliphatic heterocycles. The van der Waals surface area contributed by atoms with E-state index in [1.54, 1.807) is 12.1 Å². The zero-order valence-electron chi connectivity index (χ0n) is 14.3. The second kappa shape index (κ2) is 8.32. The molecule has 0 spiro atoms. The van der Waals surface area contributed by atoms with Crippen molar-refractivity contribution in [3.63, 3.8) is 0 Å². The van der Waals surface area contributed by atoms with Gasteiger partial charge >= 0.3 is 0 Å². The van der Waals surface area contributed by atoms with E-state index < -0.39 is 29.0 Å². The lowest BCUT2D eigenvalue weighted by Gasteiger charge is -2.15. The Kier molecular flexibility index (Phi) is 6.16. The van der Waals surface area contributed by atoms with Crippen LogP contribution in [0, 0.1) is 17.5 Å². The number of benzene rings is 2. The molecule has 0 atom stereocenters. The summed E-state index contributed by atoms with van der Waals surface area (Å²) in [7, 11) is 4.34. The molecule has 2 rings (SSSR count). The predicted molar refractivity (Wildman–Crippen MR) is 89.5 cm³/mol. The van der Waals surface area contributed by atoms with Crippen LogP contribution in [0.1, 0.15) is 0 Å². The third-order valence-electron chi connectivity index (χ3n) is 3.43. The monoisotopic (exact) mass is 370 g/mol. The molecule has 0 radical (unpaired) electrons. The number of halogens is 3. The maximum atomic E-state index is 13.6. The molecule has 1 amide bonds. The molecular formula is C17H17F3N2O4. The molecule has 2 aromatic rings. The third kappa shape index (κ3) is 4.11. The minimum Gasteiger partial charge on any atom is -0.493 e. The molecule has 2 N–H and O–H groups in total. The molecule has 0 fully saturated rings. The second-order valence-electron chi connectivity index (χ2n) is 5.04. The van der Waals surface area contributed by atoms with E-state index in [0.717, 1.165) is 12.1 Å². The van der Waals surface area contributed by atoms with Crippen LogP contribution < -0.4 is 24.8 Å². The van der Waals surface area contributed by atoms with E-state index in [9.17, 15) is 18.0 Å². The van der Waals surface area contributed by atoms with Gasteiger partial charge in [0.2, 0.25) is 11.7 Å². The van der Waals surface area contributed by atoms with E-state index in [4.69, 9.17) is 14.2 Å². The lowest BCUT2D eigenvalue weighted by atomic mass is 10.2. The molecule has 0 saturated carbocycles. The van der Waals surface area contributed by atoms with E-state index in [1.807, 2.05) is 0 Å². The molecule has 0 aromatic heterocycles. The van der Waals surface area contributed by atoms with E-state index in [2.05, 4.69) is 10.6 Å². The molecular weight excluding hydrogens is 353 g/mol. The molecule has 0 aliphatic carbocycles. The number of amides is 1. The molecule has 0 bridgehead atoms. The number of methoxy groups -OCH3 is 3. The first-order chi connectivity index (χ1) is 12.4. The summed E-state index contributed by atoms with van der Waals surface area (Å²) >= 11 is 0. The maximum Gasteiger partial charge on any atom is 0.243 e. The van der Waals surface area contributed by atoms with Crippen molar-refractivity contribution >= 4 is 17.3 Å². The number of nitrogens with one attached hydrogen (secondary N) is 2. The summed E-state index contributed by atoms with van der Waals surface area (Å²) in [6, 6.07) is 4.81. The summed E-state index contributed by atoms with van der Waals surface area (Å²) in [5.74, 6) is -3.98. The van der Waals surface area contributed by atoms with Crippen molar-refractivity contribution in [1.29, 1.82) is 0 Å². The molecule has 26 heavy (non-hydrogen) atoms. The van der Waals surface area contributed by atoms with Gasteiger partial charge in [-0.15, -0.1) is 0 Å². The Morgan fingerprint density at radius 1 is 0.962 bits per heavy atom. The van der Waals surface area contributed by atoms with Crippen molar-refractivity contribution in [3.8, 4) is 17.2 Å². The number of carbonyl (C=O) groups is 1. The Hall–Kier alpha value is -3.10. The quantitative estimate of drug-likeness (QED) is 0.733. The van der Waals surface area contributed by atoms with Crippen molar-refractivity contribution in [1.82, 2.24) is 0 Å². The van der Waals surface area contributed by atoms with Gasteiger partial charge in [-0.1, -0.05) is 0 Å². The fraction of sp³-hybridized carbons (Fsp3) is 0.235. The van der Waals surface area contributed by atoms with Gasteiger partial charge < -0.3 is 24.8 Å². The molecule has 9 heteroatoms. The van der Waals surface area contributed by atoms with Gasteiger partial charge in [-0.2, -0.15) is 0 Å². The Morgan fingerprint density at radius 2 is 1.58 bits per heavy atom. The lowest BCUT2D eigenvalue weighted by molar-refractivity contribution is -0.114. The van der Waals surface area contributed by atoms with Crippen LogP contribution in [0.3, 0.4) is 0 Å². The molecule has 0 unspecified atom stereocenters. The first-order valence-corrected chi connectivity index (χ1v) is 7.38. The van der Waals surface area contributed by atoms with Gasteiger partial charge in [0, 0.05) is 17.8 Å². The summed E-state index contributed by atoms with van der Waals surface area (Å²) in [6.07, 6.45) is 0. The van der Waals surface area contributed by atoms with Gasteiger partial charge in [0.25, 0.3) is 0 Å².